The Bertz CT molecular complexity index is 763. The Balaban J connectivity index is 1.82. The summed E-state index contributed by atoms with van der Waals surface area (Å²) in [6, 6.07) is 13.4. The van der Waals surface area contributed by atoms with Gasteiger partial charge in [0.25, 0.3) is 0 Å². The number of carbonyl (C=O) groups excluding carboxylic acids is 1. The summed E-state index contributed by atoms with van der Waals surface area (Å²) < 4.78 is 5.30. The van der Waals surface area contributed by atoms with E-state index in [0.29, 0.717) is 16.5 Å². The first-order valence-electron chi connectivity index (χ1n) is 8.02. The van der Waals surface area contributed by atoms with Crippen LogP contribution in [-0.4, -0.2) is 25.1 Å². The summed E-state index contributed by atoms with van der Waals surface area (Å²) in [5.41, 5.74) is 3.00. The lowest BCUT2D eigenvalue weighted by Crippen LogP contribution is -2.45. The zero-order valence-corrected chi connectivity index (χ0v) is 14.8. The quantitative estimate of drug-likeness (QED) is 0.906. The van der Waals surface area contributed by atoms with Gasteiger partial charge >= 0.3 is 0 Å². The van der Waals surface area contributed by atoms with Gasteiger partial charge in [0, 0.05) is 16.8 Å². The largest absolute Gasteiger partial charge is 0.495 e. The fraction of sp³-hybridized carbons (Fsp3) is 0.316. The number of nitrogens with zero attached hydrogens (tertiary/aromatic N) is 1. The van der Waals surface area contributed by atoms with E-state index < -0.39 is 0 Å². The van der Waals surface area contributed by atoms with Crippen molar-refractivity contribution in [2.45, 2.75) is 32.4 Å². The fourth-order valence-electron chi connectivity index (χ4n) is 3.32. The first-order chi connectivity index (χ1) is 11.5. The van der Waals surface area contributed by atoms with Crippen molar-refractivity contribution in [1.82, 2.24) is 0 Å². The van der Waals surface area contributed by atoms with Gasteiger partial charge in [0.05, 0.1) is 12.8 Å². The maximum atomic E-state index is 12.8. The molecule has 0 saturated carbocycles. The normalized spacial score (nSPS) is 17.3. The van der Waals surface area contributed by atoms with E-state index in [1.807, 2.05) is 19.1 Å². The summed E-state index contributed by atoms with van der Waals surface area (Å²) in [6.07, 6.45) is 0.953. The molecular formula is C19H21ClN2O2. The van der Waals surface area contributed by atoms with E-state index in [1.165, 1.54) is 5.56 Å². The third kappa shape index (κ3) is 3.06. The van der Waals surface area contributed by atoms with E-state index in [-0.39, 0.29) is 18.0 Å². The van der Waals surface area contributed by atoms with Gasteiger partial charge in [-0.1, -0.05) is 29.8 Å². The molecule has 1 amide bonds. The summed E-state index contributed by atoms with van der Waals surface area (Å²) in [6.45, 7) is 4.06. The molecule has 0 bridgehead atoms. The number of carbonyl (C=O) groups is 1. The molecular weight excluding hydrogens is 324 g/mol. The minimum Gasteiger partial charge on any atom is -0.495 e. The topological polar surface area (TPSA) is 41.6 Å². The fourth-order valence-corrected chi connectivity index (χ4v) is 3.49. The SMILES string of the molecule is COc1ccc(Cl)cc1NC(=O)[C@@H](C)N1c2ccccc2C[C@H]1C. The van der Waals surface area contributed by atoms with Crippen molar-refractivity contribution in [2.75, 3.05) is 17.3 Å². The van der Waals surface area contributed by atoms with E-state index in [0.717, 1.165) is 12.1 Å². The number of para-hydroxylation sites is 1. The van der Waals surface area contributed by atoms with Crippen molar-refractivity contribution < 1.29 is 9.53 Å². The third-order valence-corrected chi connectivity index (χ3v) is 4.71. The van der Waals surface area contributed by atoms with E-state index in [1.54, 1.807) is 25.3 Å². The van der Waals surface area contributed by atoms with E-state index in [2.05, 4.69) is 29.3 Å². The molecule has 0 aliphatic carbocycles. The molecule has 3 rings (SSSR count). The second-order valence-corrected chi connectivity index (χ2v) is 6.54. The number of methoxy groups -OCH3 is 1. The number of benzene rings is 2. The predicted molar refractivity (Wildman–Crippen MR) is 98.2 cm³/mol. The first-order valence-corrected chi connectivity index (χ1v) is 8.39. The van der Waals surface area contributed by atoms with Crippen molar-refractivity contribution >= 4 is 28.9 Å². The Morgan fingerprint density at radius 1 is 1.33 bits per heavy atom. The van der Waals surface area contributed by atoms with Crippen LogP contribution in [0.2, 0.25) is 5.02 Å². The van der Waals surface area contributed by atoms with Gasteiger partial charge in [-0.25, -0.2) is 0 Å². The highest BCUT2D eigenvalue weighted by Gasteiger charge is 2.32. The van der Waals surface area contributed by atoms with Crippen molar-refractivity contribution in [1.29, 1.82) is 0 Å². The van der Waals surface area contributed by atoms with Gasteiger partial charge in [-0.2, -0.15) is 0 Å². The van der Waals surface area contributed by atoms with Crippen LogP contribution in [0.25, 0.3) is 0 Å². The van der Waals surface area contributed by atoms with Crippen LogP contribution in [0.15, 0.2) is 42.5 Å². The van der Waals surface area contributed by atoms with Gasteiger partial charge in [-0.15, -0.1) is 0 Å². The average molecular weight is 345 g/mol. The summed E-state index contributed by atoms with van der Waals surface area (Å²) in [7, 11) is 1.57. The number of anilines is 2. The van der Waals surface area contributed by atoms with Crippen LogP contribution in [0.4, 0.5) is 11.4 Å². The smallest absolute Gasteiger partial charge is 0.246 e. The Morgan fingerprint density at radius 3 is 2.83 bits per heavy atom. The molecule has 126 valence electrons. The standard InChI is InChI=1S/C19H21ClN2O2/c1-12-10-14-6-4-5-7-17(14)22(12)13(2)19(23)21-16-11-15(20)8-9-18(16)24-3/h4-9,11-13H,10H2,1-3H3,(H,21,23)/t12-,13-/m1/s1. The lowest BCUT2D eigenvalue weighted by molar-refractivity contribution is -0.117. The second kappa shape index (κ2) is 6.73. The van der Waals surface area contributed by atoms with Crippen LogP contribution in [0.5, 0.6) is 5.75 Å². The van der Waals surface area contributed by atoms with Gasteiger partial charge in [0.15, 0.2) is 0 Å². The van der Waals surface area contributed by atoms with Crippen LogP contribution in [-0.2, 0) is 11.2 Å². The number of nitrogens with one attached hydrogen (secondary N) is 1. The third-order valence-electron chi connectivity index (χ3n) is 4.48. The van der Waals surface area contributed by atoms with E-state index >= 15 is 0 Å². The summed E-state index contributed by atoms with van der Waals surface area (Å²) in [5.74, 6) is 0.508. The van der Waals surface area contributed by atoms with Gasteiger partial charge in [-0.3, -0.25) is 4.79 Å². The highest BCUT2D eigenvalue weighted by atomic mass is 35.5. The molecule has 2 aromatic rings. The van der Waals surface area contributed by atoms with Gasteiger partial charge < -0.3 is 15.0 Å². The molecule has 0 aromatic heterocycles. The van der Waals surface area contributed by atoms with Crippen LogP contribution < -0.4 is 15.0 Å². The zero-order chi connectivity index (χ0) is 17.3. The molecule has 0 spiro atoms. The van der Waals surface area contributed by atoms with Gasteiger partial charge in [0.2, 0.25) is 5.91 Å². The molecule has 0 radical (unpaired) electrons. The zero-order valence-electron chi connectivity index (χ0n) is 14.0. The maximum absolute atomic E-state index is 12.8. The molecule has 1 aliphatic rings. The predicted octanol–water partition coefficient (Wildman–Crippen LogP) is 4.13. The van der Waals surface area contributed by atoms with Gasteiger partial charge in [-0.05, 0) is 50.1 Å². The Hall–Kier alpha value is -2.20. The number of ether oxygens (including phenoxy) is 1. The molecule has 5 heteroatoms. The summed E-state index contributed by atoms with van der Waals surface area (Å²) in [5, 5.41) is 3.49. The van der Waals surface area contributed by atoms with Crippen molar-refractivity contribution in [3.05, 3.63) is 53.1 Å². The number of hydrogen-bond acceptors (Lipinski definition) is 3. The molecule has 4 nitrogen and oxygen atoms in total. The monoisotopic (exact) mass is 344 g/mol. The van der Waals surface area contributed by atoms with Crippen molar-refractivity contribution in [3.8, 4) is 5.75 Å². The molecule has 2 aromatic carbocycles. The Kier molecular flexibility index (Phi) is 4.67. The lowest BCUT2D eigenvalue weighted by atomic mass is 10.1. The molecule has 2 atom stereocenters. The summed E-state index contributed by atoms with van der Waals surface area (Å²) in [4.78, 5) is 15.0. The molecule has 24 heavy (non-hydrogen) atoms. The number of rotatable bonds is 4. The number of amides is 1. The minimum absolute atomic E-state index is 0.0841. The van der Waals surface area contributed by atoms with Crippen molar-refractivity contribution in [2.24, 2.45) is 0 Å². The molecule has 0 saturated heterocycles. The Morgan fingerprint density at radius 2 is 2.08 bits per heavy atom. The van der Waals surface area contributed by atoms with E-state index in [4.69, 9.17) is 16.3 Å². The minimum atomic E-state index is -0.299. The van der Waals surface area contributed by atoms with Crippen molar-refractivity contribution in [3.63, 3.8) is 0 Å². The number of fused-ring (bicyclic) bond motifs is 1. The number of halogens is 1. The molecule has 1 heterocycles. The van der Waals surface area contributed by atoms with Crippen LogP contribution in [0, 0.1) is 0 Å². The Labute approximate surface area is 147 Å². The van der Waals surface area contributed by atoms with Gasteiger partial charge in [0.1, 0.15) is 11.8 Å². The summed E-state index contributed by atoms with van der Waals surface area (Å²) >= 11 is 6.04. The van der Waals surface area contributed by atoms with Crippen LogP contribution in [0.1, 0.15) is 19.4 Å². The first kappa shape index (κ1) is 16.7. The molecule has 1 N–H and O–H groups in total. The number of hydrogen-bond donors (Lipinski definition) is 1. The molecule has 0 fully saturated rings. The highest BCUT2D eigenvalue weighted by Crippen LogP contribution is 2.34. The van der Waals surface area contributed by atoms with Crippen LogP contribution >= 0.6 is 11.6 Å². The highest BCUT2D eigenvalue weighted by molar-refractivity contribution is 6.31. The lowest BCUT2D eigenvalue weighted by Gasteiger charge is -2.31. The molecule has 1 aliphatic heterocycles. The second-order valence-electron chi connectivity index (χ2n) is 6.10. The molecule has 0 unspecified atom stereocenters. The van der Waals surface area contributed by atoms with Crippen LogP contribution in [0.3, 0.4) is 0 Å². The maximum Gasteiger partial charge on any atom is 0.246 e. The average Bonchev–Trinajstić information content (AvgIpc) is 2.90. The van der Waals surface area contributed by atoms with E-state index in [9.17, 15) is 4.79 Å².